The fourth-order valence-corrected chi connectivity index (χ4v) is 1.17. The van der Waals surface area contributed by atoms with Crippen LogP contribution in [-0.2, 0) is 34.9 Å². The molecule has 2 rings (SSSR count). The number of hydrogen-bond acceptors (Lipinski definition) is 4. The van der Waals surface area contributed by atoms with Gasteiger partial charge in [0.25, 0.3) is 0 Å². The van der Waals surface area contributed by atoms with Gasteiger partial charge in [-0.3, -0.25) is 0 Å². The second-order valence-electron chi connectivity index (χ2n) is 4.23. The third-order valence-corrected chi connectivity index (χ3v) is 2.31. The van der Waals surface area contributed by atoms with Crippen molar-refractivity contribution in [3.05, 3.63) is 97.1 Å². The average molecular weight is 380 g/mol. The summed E-state index contributed by atoms with van der Waals surface area (Å²) in [4.78, 5) is 0. The van der Waals surface area contributed by atoms with E-state index in [4.69, 9.17) is 20.4 Å². The molecule has 2 aromatic rings. The van der Waals surface area contributed by atoms with Gasteiger partial charge in [-0.2, -0.15) is 0 Å². The number of benzene rings is 2. The van der Waals surface area contributed by atoms with Gasteiger partial charge >= 0.3 is 0 Å². The van der Waals surface area contributed by atoms with Gasteiger partial charge in [0.15, 0.2) is 0 Å². The van der Waals surface area contributed by atoms with E-state index in [0.717, 1.165) is 11.1 Å². The summed E-state index contributed by atoms with van der Waals surface area (Å²) in [5.41, 5.74) is 1.93. The molecule has 0 aromatic heterocycles. The van der Waals surface area contributed by atoms with Gasteiger partial charge < -0.3 is 20.4 Å². The van der Waals surface area contributed by atoms with Gasteiger partial charge in [0.05, 0.1) is 26.4 Å². The van der Waals surface area contributed by atoms with E-state index in [1.807, 2.05) is 60.7 Å². The minimum Gasteiger partial charge on any atom is -0.392 e. The Hall–Kier alpha value is -1.53. The molecule has 0 aliphatic carbocycles. The standard InChI is InChI=1S/2C7H8O.2C3H6O.Ti/c2*8-6-7-4-2-1-3-5-7;2*1-2-3-4;/h2*1-5,8H,6H2;2*2,4H,1,3H2;. The molecule has 25 heavy (non-hydrogen) atoms. The maximum absolute atomic E-state index is 8.54. The van der Waals surface area contributed by atoms with Crippen LogP contribution >= 0.6 is 0 Å². The third kappa shape index (κ3) is 22.5. The van der Waals surface area contributed by atoms with Gasteiger partial charge in [0.2, 0.25) is 0 Å². The van der Waals surface area contributed by atoms with Crippen molar-refractivity contribution in [1.29, 1.82) is 0 Å². The number of rotatable bonds is 4. The molecule has 0 radical (unpaired) electrons. The molecule has 136 valence electrons. The molecule has 0 saturated heterocycles. The smallest absolute Gasteiger partial charge is 0.0681 e. The largest absolute Gasteiger partial charge is 0.392 e. The van der Waals surface area contributed by atoms with Gasteiger partial charge in [0.1, 0.15) is 0 Å². The molecule has 0 heterocycles. The maximum Gasteiger partial charge on any atom is 0.0681 e. The van der Waals surface area contributed by atoms with Crippen LogP contribution in [0.2, 0.25) is 0 Å². The van der Waals surface area contributed by atoms with Crippen LogP contribution in [0.3, 0.4) is 0 Å². The average Bonchev–Trinajstić information content (AvgIpc) is 2.70. The van der Waals surface area contributed by atoms with Crippen LogP contribution in [0.25, 0.3) is 0 Å². The summed E-state index contributed by atoms with van der Waals surface area (Å²) in [6, 6.07) is 19.0. The van der Waals surface area contributed by atoms with Crippen molar-refractivity contribution in [2.75, 3.05) is 13.2 Å². The molecule has 0 amide bonds. The van der Waals surface area contributed by atoms with Crippen molar-refractivity contribution >= 4 is 0 Å². The Morgan fingerprint density at radius 2 is 0.840 bits per heavy atom. The predicted octanol–water partition coefficient (Wildman–Crippen LogP) is 2.68. The molecule has 0 bridgehead atoms. The van der Waals surface area contributed by atoms with E-state index in [0.29, 0.717) is 0 Å². The third-order valence-electron chi connectivity index (χ3n) is 2.31. The molecule has 5 heteroatoms. The Morgan fingerprint density at radius 1 is 0.600 bits per heavy atom. The van der Waals surface area contributed by atoms with Crippen LogP contribution in [0, 0.1) is 0 Å². The summed E-state index contributed by atoms with van der Waals surface area (Å²) in [6.07, 6.45) is 2.86. The second-order valence-corrected chi connectivity index (χ2v) is 4.23. The van der Waals surface area contributed by atoms with E-state index in [1.54, 1.807) is 0 Å². The van der Waals surface area contributed by atoms with Crippen molar-refractivity contribution in [3.63, 3.8) is 0 Å². The van der Waals surface area contributed by atoms with E-state index < -0.39 is 0 Å². The molecule has 0 atom stereocenters. The van der Waals surface area contributed by atoms with E-state index in [2.05, 4.69) is 13.2 Å². The Kier molecular flexibility index (Phi) is 28.0. The number of aliphatic hydroxyl groups is 4. The summed E-state index contributed by atoms with van der Waals surface area (Å²) in [7, 11) is 0. The van der Waals surface area contributed by atoms with Gasteiger partial charge in [0, 0.05) is 21.7 Å². The van der Waals surface area contributed by atoms with Crippen molar-refractivity contribution in [1.82, 2.24) is 0 Å². The molecule has 4 nitrogen and oxygen atoms in total. The summed E-state index contributed by atoms with van der Waals surface area (Å²) in [5.74, 6) is 0. The second kappa shape index (κ2) is 24.7. The molecule has 0 fully saturated rings. The van der Waals surface area contributed by atoms with E-state index in [1.165, 1.54) is 12.2 Å². The molecule has 4 N–H and O–H groups in total. The summed E-state index contributed by atoms with van der Waals surface area (Å²) in [5, 5.41) is 32.6. The number of hydrogen-bond donors (Lipinski definition) is 4. The van der Waals surface area contributed by atoms with Crippen molar-refractivity contribution in [3.8, 4) is 0 Å². The Bertz CT molecular complexity index is 442. The monoisotopic (exact) mass is 380 g/mol. The molecular formula is C20H28O4Ti. The zero-order valence-corrected chi connectivity index (χ0v) is 16.0. The van der Waals surface area contributed by atoms with Crippen LogP contribution in [0.5, 0.6) is 0 Å². The SMILES string of the molecule is C=CCO.C=CCO.OCc1ccccc1.OCc1ccccc1.[Ti]. The molecular weight excluding hydrogens is 352 g/mol. The van der Waals surface area contributed by atoms with Gasteiger partial charge in [-0.15, -0.1) is 13.2 Å². The van der Waals surface area contributed by atoms with Crippen LogP contribution < -0.4 is 0 Å². The van der Waals surface area contributed by atoms with Crippen LogP contribution in [0.4, 0.5) is 0 Å². The minimum atomic E-state index is 0. The first-order valence-electron chi connectivity index (χ1n) is 7.43. The summed E-state index contributed by atoms with van der Waals surface area (Å²) < 4.78 is 0. The van der Waals surface area contributed by atoms with E-state index in [9.17, 15) is 0 Å². The zero-order chi connectivity index (χ0) is 18.5. The normalized spacial score (nSPS) is 7.84. The molecule has 0 aliphatic rings. The Morgan fingerprint density at radius 3 is 0.960 bits per heavy atom. The van der Waals surface area contributed by atoms with Crippen LogP contribution in [0.15, 0.2) is 86.0 Å². The zero-order valence-electron chi connectivity index (χ0n) is 14.5. The Labute approximate surface area is 165 Å². The first kappa shape index (κ1) is 28.3. The Balaban J connectivity index is -0.000000270. The maximum atomic E-state index is 8.54. The van der Waals surface area contributed by atoms with Gasteiger partial charge in [-0.05, 0) is 11.1 Å². The summed E-state index contributed by atoms with van der Waals surface area (Å²) >= 11 is 0. The predicted molar refractivity (Wildman–Crippen MR) is 99.3 cm³/mol. The van der Waals surface area contributed by atoms with E-state index in [-0.39, 0.29) is 48.1 Å². The van der Waals surface area contributed by atoms with Gasteiger partial charge in [-0.25, -0.2) is 0 Å². The number of aliphatic hydroxyl groups excluding tert-OH is 4. The molecule has 0 saturated carbocycles. The molecule has 2 aromatic carbocycles. The van der Waals surface area contributed by atoms with Gasteiger partial charge in [-0.1, -0.05) is 72.8 Å². The minimum absolute atomic E-state index is 0. The van der Waals surface area contributed by atoms with Crippen molar-refractivity contribution in [2.45, 2.75) is 13.2 Å². The van der Waals surface area contributed by atoms with Crippen LogP contribution in [0.1, 0.15) is 11.1 Å². The van der Waals surface area contributed by atoms with Crippen LogP contribution in [-0.4, -0.2) is 33.6 Å². The summed E-state index contributed by atoms with van der Waals surface area (Å²) in [6.45, 7) is 6.90. The quantitative estimate of drug-likeness (QED) is 0.486. The van der Waals surface area contributed by atoms with Crippen molar-refractivity contribution < 1.29 is 42.1 Å². The first-order chi connectivity index (χ1) is 11.7. The molecule has 0 aliphatic heterocycles. The fraction of sp³-hybridized carbons (Fsp3) is 0.200. The first-order valence-corrected chi connectivity index (χ1v) is 7.43. The van der Waals surface area contributed by atoms with Crippen molar-refractivity contribution in [2.24, 2.45) is 0 Å². The fourth-order valence-electron chi connectivity index (χ4n) is 1.17. The van der Waals surface area contributed by atoms with E-state index >= 15 is 0 Å². The molecule has 0 unspecified atom stereocenters. The molecule has 0 spiro atoms. The topological polar surface area (TPSA) is 80.9 Å².